The molecule has 2 heterocycles. The monoisotopic (exact) mass is 320 g/mol. The zero-order valence-corrected chi connectivity index (χ0v) is 11.7. The fourth-order valence-electron chi connectivity index (χ4n) is 1.22. The number of rotatable bonds is 5. The molecule has 0 amide bonds. The molecule has 0 aliphatic heterocycles. The van der Waals surface area contributed by atoms with E-state index in [0.29, 0.717) is 16.3 Å². The molecule has 0 fully saturated rings. The molecule has 3 N–H and O–H groups in total. The van der Waals surface area contributed by atoms with Crippen LogP contribution in [0.2, 0.25) is 0 Å². The average Bonchev–Trinajstić information content (AvgIpc) is 2.95. The summed E-state index contributed by atoms with van der Waals surface area (Å²) < 4.78 is 25.9. The molecule has 11 heteroatoms. The number of nitrogens with zero attached hydrogens (tertiary/aromatic N) is 2. The fraction of sp³-hybridized carbons (Fsp3) is 0.125. The van der Waals surface area contributed by atoms with Crippen LogP contribution in [-0.2, 0) is 16.6 Å². The summed E-state index contributed by atoms with van der Waals surface area (Å²) in [5.74, 6) is 0. The standard InChI is InChI=1S/C8H8N4O4S3/c9-8-5(12(13)14)3-7(18-8)19(15,16)11-4-6-10-1-2-17-6/h1-3,11H,4,9H2. The molecular formula is C8H8N4O4S3. The Kier molecular flexibility index (Phi) is 3.80. The van der Waals surface area contributed by atoms with E-state index in [-0.39, 0.29) is 15.8 Å². The van der Waals surface area contributed by atoms with Gasteiger partial charge in [-0.25, -0.2) is 18.1 Å². The third-order valence-corrected chi connectivity index (χ3v) is 5.68. The Bertz CT molecular complexity index is 692. The van der Waals surface area contributed by atoms with Gasteiger partial charge in [0.1, 0.15) is 9.22 Å². The van der Waals surface area contributed by atoms with Crippen molar-refractivity contribution in [3.05, 3.63) is 32.8 Å². The minimum absolute atomic E-state index is 0.0333. The number of anilines is 1. The van der Waals surface area contributed by atoms with Crippen LogP contribution in [0, 0.1) is 10.1 Å². The van der Waals surface area contributed by atoms with Crippen LogP contribution in [-0.4, -0.2) is 18.3 Å². The number of hydrogen-bond donors (Lipinski definition) is 2. The predicted octanol–water partition coefficient (Wildman–Crippen LogP) is 1.17. The Hall–Kier alpha value is -1.56. The van der Waals surface area contributed by atoms with Gasteiger partial charge in [0, 0.05) is 17.6 Å². The second kappa shape index (κ2) is 5.21. The van der Waals surface area contributed by atoms with Gasteiger partial charge >= 0.3 is 5.69 Å². The summed E-state index contributed by atoms with van der Waals surface area (Å²) in [7, 11) is -3.82. The van der Waals surface area contributed by atoms with Gasteiger partial charge in [0.25, 0.3) is 10.0 Å². The number of thiophene rings is 1. The van der Waals surface area contributed by atoms with Crippen molar-refractivity contribution < 1.29 is 13.3 Å². The zero-order valence-electron chi connectivity index (χ0n) is 9.27. The van der Waals surface area contributed by atoms with Crippen LogP contribution in [0.5, 0.6) is 0 Å². The summed E-state index contributed by atoms with van der Waals surface area (Å²) in [6, 6.07) is 0.949. The maximum Gasteiger partial charge on any atom is 0.304 e. The smallest absolute Gasteiger partial charge is 0.304 e. The quantitative estimate of drug-likeness (QED) is 0.628. The Morgan fingerprint density at radius 3 is 2.79 bits per heavy atom. The van der Waals surface area contributed by atoms with Crippen LogP contribution < -0.4 is 10.5 Å². The molecule has 0 unspecified atom stereocenters. The molecule has 0 saturated heterocycles. The molecule has 0 saturated carbocycles. The van der Waals surface area contributed by atoms with Crippen molar-refractivity contribution in [3.8, 4) is 0 Å². The Labute approximate surface area is 116 Å². The lowest BCUT2D eigenvalue weighted by molar-refractivity contribution is -0.383. The molecule has 0 aliphatic rings. The van der Waals surface area contributed by atoms with Crippen molar-refractivity contribution in [3.63, 3.8) is 0 Å². The molecule has 8 nitrogen and oxygen atoms in total. The van der Waals surface area contributed by atoms with Gasteiger partial charge < -0.3 is 5.73 Å². The number of sulfonamides is 1. The largest absolute Gasteiger partial charge is 0.385 e. The van der Waals surface area contributed by atoms with Gasteiger partial charge in [-0.05, 0) is 0 Å². The van der Waals surface area contributed by atoms with E-state index in [0.717, 1.165) is 6.07 Å². The van der Waals surface area contributed by atoms with Gasteiger partial charge in [0.05, 0.1) is 11.5 Å². The molecule has 0 atom stereocenters. The Morgan fingerprint density at radius 1 is 1.53 bits per heavy atom. The molecule has 0 radical (unpaired) electrons. The van der Waals surface area contributed by atoms with Crippen molar-refractivity contribution in [2.75, 3.05) is 5.73 Å². The first-order chi connectivity index (χ1) is 8.90. The third kappa shape index (κ3) is 3.07. The van der Waals surface area contributed by atoms with Crippen molar-refractivity contribution in [2.45, 2.75) is 10.8 Å². The van der Waals surface area contributed by atoms with E-state index in [1.807, 2.05) is 0 Å². The Morgan fingerprint density at radius 2 is 2.26 bits per heavy atom. The number of nitrogen functional groups attached to an aromatic ring is 1. The van der Waals surface area contributed by atoms with Crippen LogP contribution in [0.25, 0.3) is 0 Å². The topological polar surface area (TPSA) is 128 Å². The summed E-state index contributed by atoms with van der Waals surface area (Å²) in [5, 5.41) is 12.8. The first kappa shape index (κ1) is 13.9. The highest BCUT2D eigenvalue weighted by Gasteiger charge is 2.24. The first-order valence-electron chi connectivity index (χ1n) is 4.82. The maximum atomic E-state index is 11.9. The summed E-state index contributed by atoms with van der Waals surface area (Å²) in [4.78, 5) is 13.8. The van der Waals surface area contributed by atoms with Gasteiger partial charge in [-0.1, -0.05) is 11.3 Å². The molecule has 0 spiro atoms. The van der Waals surface area contributed by atoms with Gasteiger partial charge in [0.15, 0.2) is 5.00 Å². The summed E-state index contributed by atoms with van der Waals surface area (Å²) in [6.07, 6.45) is 1.56. The SMILES string of the molecule is Nc1sc(S(=O)(=O)NCc2nccs2)cc1[N+](=O)[O-]. The van der Waals surface area contributed by atoms with E-state index in [2.05, 4.69) is 9.71 Å². The second-order valence-corrected chi connectivity index (χ2v) is 7.38. The van der Waals surface area contributed by atoms with Gasteiger partial charge in [-0.2, -0.15) is 0 Å². The molecule has 0 bridgehead atoms. The van der Waals surface area contributed by atoms with E-state index < -0.39 is 20.6 Å². The lowest BCUT2D eigenvalue weighted by Gasteiger charge is -2.01. The van der Waals surface area contributed by atoms with E-state index >= 15 is 0 Å². The number of aromatic nitrogens is 1. The normalized spacial score (nSPS) is 11.6. The first-order valence-corrected chi connectivity index (χ1v) is 8.00. The number of thiazole rings is 1. The van der Waals surface area contributed by atoms with Gasteiger partial charge in [0.2, 0.25) is 0 Å². The van der Waals surface area contributed by atoms with Crippen LogP contribution in [0.4, 0.5) is 10.7 Å². The molecular weight excluding hydrogens is 312 g/mol. The third-order valence-electron chi connectivity index (χ3n) is 2.08. The van der Waals surface area contributed by atoms with E-state index in [1.165, 1.54) is 11.3 Å². The minimum Gasteiger partial charge on any atom is -0.385 e. The average molecular weight is 320 g/mol. The molecule has 102 valence electrons. The highest BCUT2D eigenvalue weighted by Crippen LogP contribution is 2.34. The highest BCUT2D eigenvalue weighted by molar-refractivity contribution is 7.91. The number of nitrogens with one attached hydrogen (secondary N) is 1. The van der Waals surface area contributed by atoms with Gasteiger partial charge in [-0.3, -0.25) is 10.1 Å². The number of hydrogen-bond acceptors (Lipinski definition) is 8. The van der Waals surface area contributed by atoms with Gasteiger partial charge in [-0.15, -0.1) is 11.3 Å². The van der Waals surface area contributed by atoms with Crippen LogP contribution >= 0.6 is 22.7 Å². The minimum atomic E-state index is -3.82. The number of nitro groups is 1. The molecule has 2 aromatic rings. The highest BCUT2D eigenvalue weighted by atomic mass is 32.2. The fourth-order valence-corrected chi connectivity index (χ4v) is 4.11. The van der Waals surface area contributed by atoms with E-state index in [9.17, 15) is 18.5 Å². The lowest BCUT2D eigenvalue weighted by Crippen LogP contribution is -2.22. The van der Waals surface area contributed by atoms with Crippen LogP contribution in [0.3, 0.4) is 0 Å². The second-order valence-electron chi connectivity index (χ2n) is 3.32. The molecule has 0 aliphatic carbocycles. The van der Waals surface area contributed by atoms with Crippen LogP contribution in [0.1, 0.15) is 5.01 Å². The summed E-state index contributed by atoms with van der Waals surface area (Å²) in [6.45, 7) is 0.0333. The van der Waals surface area contributed by atoms with E-state index in [1.54, 1.807) is 11.6 Å². The van der Waals surface area contributed by atoms with E-state index in [4.69, 9.17) is 5.73 Å². The van der Waals surface area contributed by atoms with Crippen molar-refractivity contribution >= 4 is 43.4 Å². The van der Waals surface area contributed by atoms with Crippen molar-refractivity contribution in [1.29, 1.82) is 0 Å². The van der Waals surface area contributed by atoms with Crippen molar-refractivity contribution in [2.24, 2.45) is 0 Å². The van der Waals surface area contributed by atoms with Crippen LogP contribution in [0.15, 0.2) is 21.9 Å². The Balaban J connectivity index is 2.20. The van der Waals surface area contributed by atoms with Crippen molar-refractivity contribution in [1.82, 2.24) is 9.71 Å². The summed E-state index contributed by atoms with van der Waals surface area (Å²) in [5.41, 5.74) is 5.00. The molecule has 19 heavy (non-hydrogen) atoms. The summed E-state index contributed by atoms with van der Waals surface area (Å²) >= 11 is 1.96. The number of nitrogens with two attached hydrogens (primary N) is 1. The molecule has 0 aromatic carbocycles. The molecule has 2 aromatic heterocycles. The predicted molar refractivity (Wildman–Crippen MR) is 71.5 cm³/mol. The maximum absolute atomic E-state index is 11.9. The lowest BCUT2D eigenvalue weighted by atomic mass is 10.5. The zero-order chi connectivity index (χ0) is 14.0. The molecule has 2 rings (SSSR count).